The predicted octanol–water partition coefficient (Wildman–Crippen LogP) is 2.02. The second kappa shape index (κ2) is 6.82. The third-order valence-corrected chi connectivity index (χ3v) is 5.29. The number of ether oxygens (including phenoxy) is 2. The molecule has 3 aliphatic rings. The molecule has 0 bridgehead atoms. The van der Waals surface area contributed by atoms with Crippen LogP contribution in [0.1, 0.15) is 31.2 Å². The van der Waals surface area contributed by atoms with Gasteiger partial charge in [0.1, 0.15) is 0 Å². The molecular formula is C19H26N2O3. The first-order valence-electron chi connectivity index (χ1n) is 9.08. The van der Waals surface area contributed by atoms with Gasteiger partial charge in [-0.05, 0) is 18.4 Å². The second-order valence-corrected chi connectivity index (χ2v) is 7.12. The molecule has 1 spiro atoms. The quantitative estimate of drug-likeness (QED) is 0.828. The van der Waals surface area contributed by atoms with Crippen molar-refractivity contribution in [1.82, 2.24) is 9.80 Å². The summed E-state index contributed by atoms with van der Waals surface area (Å²) in [7, 11) is 0. The number of carbonyl (C=O) groups excluding carboxylic acids is 1. The van der Waals surface area contributed by atoms with E-state index in [4.69, 9.17) is 9.47 Å². The van der Waals surface area contributed by atoms with Crippen molar-refractivity contribution in [2.75, 3.05) is 32.8 Å². The maximum Gasteiger partial charge on any atom is 0.237 e. The van der Waals surface area contributed by atoms with Gasteiger partial charge in [-0.25, -0.2) is 0 Å². The van der Waals surface area contributed by atoms with Crippen molar-refractivity contribution < 1.29 is 14.3 Å². The van der Waals surface area contributed by atoms with E-state index in [2.05, 4.69) is 21.9 Å². The van der Waals surface area contributed by atoms with Gasteiger partial charge in [-0.2, -0.15) is 0 Å². The largest absolute Gasteiger partial charge is 0.347 e. The molecule has 2 saturated heterocycles. The fourth-order valence-corrected chi connectivity index (χ4v) is 3.71. The third-order valence-electron chi connectivity index (χ3n) is 5.29. The van der Waals surface area contributed by atoms with Crippen LogP contribution in [-0.4, -0.2) is 60.4 Å². The highest BCUT2D eigenvalue weighted by atomic mass is 16.7. The summed E-state index contributed by atoms with van der Waals surface area (Å²) in [6.45, 7) is 4.38. The van der Waals surface area contributed by atoms with Crippen LogP contribution in [-0.2, 0) is 20.8 Å². The summed E-state index contributed by atoms with van der Waals surface area (Å²) in [5.74, 6) is -0.106. The van der Waals surface area contributed by atoms with Crippen LogP contribution in [0.15, 0.2) is 30.3 Å². The third kappa shape index (κ3) is 3.63. The van der Waals surface area contributed by atoms with Crippen LogP contribution in [0.3, 0.4) is 0 Å². The molecule has 130 valence electrons. The molecule has 0 N–H and O–H groups in total. The van der Waals surface area contributed by atoms with E-state index < -0.39 is 0 Å². The zero-order valence-electron chi connectivity index (χ0n) is 14.2. The number of amides is 1. The lowest BCUT2D eigenvalue weighted by atomic mass is 10.0. The van der Waals surface area contributed by atoms with Gasteiger partial charge in [0.15, 0.2) is 5.79 Å². The summed E-state index contributed by atoms with van der Waals surface area (Å²) in [4.78, 5) is 17.2. The standard InChI is InChI=1S/C19H26N2O3/c22-18(15-20-10-8-19(9-11-20)23-12-13-24-19)21(17-6-7-17)14-16-4-2-1-3-5-16/h1-5,17H,6-15H2. The van der Waals surface area contributed by atoms with Crippen LogP contribution in [0, 0.1) is 0 Å². The maximum absolute atomic E-state index is 12.8. The Balaban J connectivity index is 1.32. The van der Waals surface area contributed by atoms with E-state index in [9.17, 15) is 4.79 Å². The number of likely N-dealkylation sites (tertiary alicyclic amines) is 1. The average molecular weight is 330 g/mol. The molecule has 0 radical (unpaired) electrons. The summed E-state index contributed by atoms with van der Waals surface area (Å²) in [5, 5.41) is 0. The summed E-state index contributed by atoms with van der Waals surface area (Å²) >= 11 is 0. The van der Waals surface area contributed by atoms with Crippen molar-refractivity contribution in [2.45, 2.75) is 44.1 Å². The maximum atomic E-state index is 12.8. The minimum atomic E-state index is -0.361. The molecular weight excluding hydrogens is 304 g/mol. The monoisotopic (exact) mass is 330 g/mol. The van der Waals surface area contributed by atoms with E-state index in [1.54, 1.807) is 0 Å². The first-order chi connectivity index (χ1) is 11.7. The molecule has 4 rings (SSSR count). The first-order valence-corrected chi connectivity index (χ1v) is 9.08. The van der Waals surface area contributed by atoms with Gasteiger partial charge in [0.05, 0.1) is 19.8 Å². The summed E-state index contributed by atoms with van der Waals surface area (Å²) < 4.78 is 11.5. The van der Waals surface area contributed by atoms with Crippen LogP contribution in [0.5, 0.6) is 0 Å². The Kier molecular flexibility index (Phi) is 4.57. The molecule has 1 amide bonds. The van der Waals surface area contributed by atoms with E-state index >= 15 is 0 Å². The molecule has 0 aromatic heterocycles. The molecule has 1 aromatic carbocycles. The Hall–Kier alpha value is -1.43. The molecule has 1 saturated carbocycles. The van der Waals surface area contributed by atoms with Crippen LogP contribution in [0.25, 0.3) is 0 Å². The molecule has 1 aliphatic carbocycles. The van der Waals surface area contributed by atoms with Crippen molar-refractivity contribution in [3.05, 3.63) is 35.9 Å². The van der Waals surface area contributed by atoms with E-state index in [1.807, 2.05) is 18.2 Å². The fraction of sp³-hybridized carbons (Fsp3) is 0.632. The highest BCUT2D eigenvalue weighted by Crippen LogP contribution is 2.32. The number of piperidine rings is 1. The SMILES string of the molecule is O=C(CN1CCC2(CC1)OCCO2)N(Cc1ccccc1)C1CC1. The highest BCUT2D eigenvalue weighted by Gasteiger charge is 2.40. The lowest BCUT2D eigenvalue weighted by Crippen LogP contribution is -2.49. The molecule has 5 heteroatoms. The minimum absolute atomic E-state index is 0.255. The highest BCUT2D eigenvalue weighted by molar-refractivity contribution is 5.79. The van der Waals surface area contributed by atoms with Gasteiger partial charge in [0.2, 0.25) is 5.91 Å². The van der Waals surface area contributed by atoms with Crippen LogP contribution >= 0.6 is 0 Å². The van der Waals surface area contributed by atoms with Crippen molar-refractivity contribution in [3.8, 4) is 0 Å². The van der Waals surface area contributed by atoms with Crippen LogP contribution in [0.4, 0.5) is 0 Å². The molecule has 1 aromatic rings. The molecule has 24 heavy (non-hydrogen) atoms. The average Bonchev–Trinajstić information content (AvgIpc) is 3.36. The van der Waals surface area contributed by atoms with Gasteiger partial charge in [-0.3, -0.25) is 9.69 Å². The topological polar surface area (TPSA) is 42.0 Å². The van der Waals surface area contributed by atoms with E-state index in [0.717, 1.165) is 45.3 Å². The second-order valence-electron chi connectivity index (χ2n) is 7.12. The number of nitrogens with zero attached hydrogens (tertiary/aromatic N) is 2. The van der Waals surface area contributed by atoms with E-state index in [0.29, 0.717) is 25.8 Å². The predicted molar refractivity (Wildman–Crippen MR) is 90.3 cm³/mol. The Morgan fingerprint density at radius 2 is 1.79 bits per heavy atom. The Morgan fingerprint density at radius 1 is 1.12 bits per heavy atom. The number of hydrogen-bond acceptors (Lipinski definition) is 4. The van der Waals surface area contributed by atoms with E-state index in [1.165, 1.54) is 5.56 Å². The van der Waals surface area contributed by atoms with Crippen LogP contribution in [0.2, 0.25) is 0 Å². The Bertz CT molecular complexity index is 557. The minimum Gasteiger partial charge on any atom is -0.347 e. The van der Waals surface area contributed by atoms with Crippen molar-refractivity contribution in [1.29, 1.82) is 0 Å². The number of benzene rings is 1. The van der Waals surface area contributed by atoms with Gasteiger partial charge in [0, 0.05) is 38.5 Å². The number of hydrogen-bond donors (Lipinski definition) is 0. The molecule has 5 nitrogen and oxygen atoms in total. The number of carbonyl (C=O) groups is 1. The van der Waals surface area contributed by atoms with E-state index in [-0.39, 0.29) is 11.7 Å². The lowest BCUT2D eigenvalue weighted by Gasteiger charge is -2.38. The van der Waals surface area contributed by atoms with Gasteiger partial charge >= 0.3 is 0 Å². The Morgan fingerprint density at radius 3 is 2.42 bits per heavy atom. The summed E-state index contributed by atoms with van der Waals surface area (Å²) in [5.41, 5.74) is 1.21. The molecule has 0 unspecified atom stereocenters. The fourth-order valence-electron chi connectivity index (χ4n) is 3.71. The zero-order chi connectivity index (χ0) is 16.4. The summed E-state index contributed by atoms with van der Waals surface area (Å²) in [6.07, 6.45) is 4.01. The van der Waals surface area contributed by atoms with Crippen LogP contribution < -0.4 is 0 Å². The van der Waals surface area contributed by atoms with Gasteiger partial charge < -0.3 is 14.4 Å². The van der Waals surface area contributed by atoms with Crippen molar-refractivity contribution in [3.63, 3.8) is 0 Å². The smallest absolute Gasteiger partial charge is 0.237 e. The zero-order valence-corrected chi connectivity index (χ0v) is 14.2. The van der Waals surface area contributed by atoms with Gasteiger partial charge in [-0.15, -0.1) is 0 Å². The van der Waals surface area contributed by atoms with Gasteiger partial charge in [-0.1, -0.05) is 30.3 Å². The Labute approximate surface area is 143 Å². The molecule has 3 fully saturated rings. The summed E-state index contributed by atoms with van der Waals surface area (Å²) in [6, 6.07) is 10.7. The van der Waals surface area contributed by atoms with Crippen molar-refractivity contribution in [2.24, 2.45) is 0 Å². The first kappa shape index (κ1) is 16.1. The molecule has 2 heterocycles. The number of rotatable bonds is 5. The van der Waals surface area contributed by atoms with Gasteiger partial charge in [0.25, 0.3) is 0 Å². The van der Waals surface area contributed by atoms with Crippen molar-refractivity contribution >= 4 is 5.91 Å². The normalized spacial score (nSPS) is 23.5. The molecule has 2 aliphatic heterocycles. The molecule has 0 atom stereocenters. The lowest BCUT2D eigenvalue weighted by molar-refractivity contribution is -0.186.